The summed E-state index contributed by atoms with van der Waals surface area (Å²) in [6.45, 7) is 1.96. The zero-order chi connectivity index (χ0) is 17.5. The monoisotopic (exact) mass is 351 g/mol. The second kappa shape index (κ2) is 8.97. The summed E-state index contributed by atoms with van der Waals surface area (Å²) >= 11 is 0. The number of nitrogens with one attached hydrogen (secondary N) is 1. The fourth-order valence-corrected chi connectivity index (χ4v) is 3.56. The summed E-state index contributed by atoms with van der Waals surface area (Å²) in [6, 6.07) is 7.02. The van der Waals surface area contributed by atoms with Crippen molar-refractivity contribution in [2.75, 3.05) is 12.9 Å². The van der Waals surface area contributed by atoms with E-state index in [9.17, 15) is 13.8 Å². The highest BCUT2D eigenvalue weighted by atomic mass is 32.2. The van der Waals surface area contributed by atoms with Crippen LogP contribution in [0.4, 0.5) is 0 Å². The molecule has 1 unspecified atom stereocenters. The first-order chi connectivity index (χ1) is 11.4. The lowest BCUT2D eigenvalue weighted by molar-refractivity contribution is -0.125. The van der Waals surface area contributed by atoms with Crippen LogP contribution in [0.15, 0.2) is 24.3 Å². The highest BCUT2D eigenvalue weighted by Gasteiger charge is 2.20. The average Bonchev–Trinajstić information content (AvgIpc) is 2.54. The molecule has 1 N–H and O–H groups in total. The van der Waals surface area contributed by atoms with E-state index in [1.165, 1.54) is 0 Å². The maximum absolute atomic E-state index is 12.0. The number of amides is 1. The highest BCUT2D eigenvalue weighted by molar-refractivity contribution is 7.83. The van der Waals surface area contributed by atoms with Gasteiger partial charge in [0.1, 0.15) is 0 Å². The number of hydrogen-bond donors (Lipinski definition) is 1. The first kappa shape index (κ1) is 18.6. The lowest BCUT2D eigenvalue weighted by Crippen LogP contribution is -2.39. The minimum atomic E-state index is -0.972. The molecule has 0 aromatic heterocycles. The number of carbonyl (C=O) groups is 2. The van der Waals surface area contributed by atoms with E-state index in [2.05, 4.69) is 12.2 Å². The molecule has 0 spiro atoms. The summed E-state index contributed by atoms with van der Waals surface area (Å²) in [5.74, 6) is 0.322. The molecule has 132 valence electrons. The zero-order valence-corrected chi connectivity index (χ0v) is 15.1. The molecule has 0 saturated heterocycles. The number of carbonyl (C=O) groups excluding carboxylic acids is 2. The molecule has 1 aromatic carbocycles. The smallest absolute Gasteiger partial charge is 0.338 e. The van der Waals surface area contributed by atoms with Gasteiger partial charge >= 0.3 is 5.97 Å². The predicted molar refractivity (Wildman–Crippen MR) is 94.1 cm³/mol. The van der Waals surface area contributed by atoms with E-state index in [0.717, 1.165) is 37.2 Å². The third-order valence-corrected chi connectivity index (χ3v) is 4.99. The van der Waals surface area contributed by atoms with Crippen LogP contribution in [0.3, 0.4) is 0 Å². The van der Waals surface area contributed by atoms with Gasteiger partial charge in [-0.25, -0.2) is 4.79 Å². The van der Waals surface area contributed by atoms with Crippen molar-refractivity contribution in [1.29, 1.82) is 0 Å². The van der Waals surface area contributed by atoms with Crippen LogP contribution < -0.4 is 5.32 Å². The van der Waals surface area contributed by atoms with Crippen molar-refractivity contribution in [1.82, 2.24) is 5.32 Å². The number of esters is 1. The normalized spacial score (nSPS) is 21.8. The Morgan fingerprint density at radius 3 is 2.62 bits per heavy atom. The quantitative estimate of drug-likeness (QED) is 0.799. The van der Waals surface area contributed by atoms with Crippen LogP contribution in [-0.4, -0.2) is 35.0 Å². The molecule has 1 fully saturated rings. The largest absolute Gasteiger partial charge is 0.452 e. The Balaban J connectivity index is 1.80. The molecule has 1 amide bonds. The molecule has 1 aromatic rings. The molecule has 1 saturated carbocycles. The van der Waals surface area contributed by atoms with Crippen LogP contribution in [0.2, 0.25) is 0 Å². The summed E-state index contributed by atoms with van der Waals surface area (Å²) in [5, 5.41) is 2.93. The Labute approximate surface area is 145 Å². The Morgan fingerprint density at radius 2 is 1.96 bits per heavy atom. The summed E-state index contributed by atoms with van der Waals surface area (Å²) in [5.41, 5.74) is 1.18. The van der Waals surface area contributed by atoms with Crippen molar-refractivity contribution >= 4 is 22.7 Å². The maximum atomic E-state index is 12.0. The Bertz CT molecular complexity index is 609. The van der Waals surface area contributed by atoms with Crippen LogP contribution in [0.5, 0.6) is 0 Å². The fourth-order valence-electron chi connectivity index (χ4n) is 2.91. The molecule has 2 rings (SSSR count). The van der Waals surface area contributed by atoms with Gasteiger partial charge in [-0.2, -0.15) is 0 Å². The molecular weight excluding hydrogens is 326 g/mol. The molecule has 0 heterocycles. The molecule has 5 nitrogen and oxygen atoms in total. The van der Waals surface area contributed by atoms with Gasteiger partial charge in [-0.3, -0.25) is 9.00 Å². The zero-order valence-electron chi connectivity index (χ0n) is 14.2. The van der Waals surface area contributed by atoms with E-state index in [1.807, 2.05) is 6.07 Å². The van der Waals surface area contributed by atoms with Gasteiger partial charge in [0, 0.05) is 28.9 Å². The van der Waals surface area contributed by atoms with Gasteiger partial charge in [-0.15, -0.1) is 0 Å². The molecular formula is C18H25NO4S. The molecule has 0 bridgehead atoms. The van der Waals surface area contributed by atoms with Gasteiger partial charge in [0.15, 0.2) is 6.61 Å². The van der Waals surface area contributed by atoms with Crippen LogP contribution >= 0.6 is 0 Å². The first-order valence-electron chi connectivity index (χ1n) is 8.29. The summed E-state index contributed by atoms with van der Waals surface area (Å²) in [6.07, 6.45) is 5.82. The molecule has 6 heteroatoms. The van der Waals surface area contributed by atoms with E-state index in [-0.39, 0.29) is 18.6 Å². The number of hydrogen-bond acceptors (Lipinski definition) is 4. The van der Waals surface area contributed by atoms with Gasteiger partial charge in [-0.1, -0.05) is 19.1 Å². The van der Waals surface area contributed by atoms with Crippen LogP contribution in [0.25, 0.3) is 0 Å². The lowest BCUT2D eigenvalue weighted by Gasteiger charge is -2.26. The number of rotatable bonds is 6. The number of ether oxygens (including phenoxy) is 1. The minimum Gasteiger partial charge on any atom is -0.452 e. The van der Waals surface area contributed by atoms with Crippen LogP contribution in [-0.2, 0) is 26.1 Å². The SMILES string of the molecule is CC1CCC(NC(=O)COC(=O)c2cccc(CS(C)=O)c2)CC1. The molecule has 1 atom stereocenters. The van der Waals surface area contributed by atoms with Gasteiger partial charge in [0.2, 0.25) is 0 Å². The lowest BCUT2D eigenvalue weighted by atomic mass is 9.87. The van der Waals surface area contributed by atoms with Crippen molar-refractivity contribution < 1.29 is 18.5 Å². The predicted octanol–water partition coefficient (Wildman–Crippen LogP) is 2.42. The fraction of sp³-hybridized carbons (Fsp3) is 0.556. The summed E-state index contributed by atoms with van der Waals surface area (Å²) in [4.78, 5) is 24.0. The van der Waals surface area contributed by atoms with Crippen molar-refractivity contribution in [3.05, 3.63) is 35.4 Å². The molecule has 0 radical (unpaired) electrons. The summed E-state index contributed by atoms with van der Waals surface area (Å²) in [7, 11) is -0.972. The van der Waals surface area contributed by atoms with E-state index >= 15 is 0 Å². The summed E-state index contributed by atoms with van der Waals surface area (Å²) < 4.78 is 16.3. The van der Waals surface area contributed by atoms with Crippen LogP contribution in [0.1, 0.15) is 48.5 Å². The third-order valence-electron chi connectivity index (χ3n) is 4.25. The maximum Gasteiger partial charge on any atom is 0.338 e. The van der Waals surface area contributed by atoms with Crippen molar-refractivity contribution in [3.63, 3.8) is 0 Å². The van der Waals surface area contributed by atoms with E-state index in [1.54, 1.807) is 24.5 Å². The Morgan fingerprint density at radius 1 is 1.25 bits per heavy atom. The van der Waals surface area contributed by atoms with Crippen LogP contribution in [0, 0.1) is 5.92 Å². The minimum absolute atomic E-state index is 0.190. The molecule has 0 aliphatic heterocycles. The highest BCUT2D eigenvalue weighted by Crippen LogP contribution is 2.23. The molecule has 24 heavy (non-hydrogen) atoms. The molecule has 1 aliphatic carbocycles. The van der Waals surface area contributed by atoms with Gasteiger partial charge in [-0.05, 0) is 49.3 Å². The van der Waals surface area contributed by atoms with Crippen molar-refractivity contribution in [2.45, 2.75) is 44.4 Å². The third kappa shape index (κ3) is 6.07. The van der Waals surface area contributed by atoms with Gasteiger partial charge in [0.05, 0.1) is 5.56 Å². The van der Waals surface area contributed by atoms with Gasteiger partial charge < -0.3 is 10.1 Å². The molecule has 1 aliphatic rings. The second-order valence-electron chi connectivity index (χ2n) is 6.52. The van der Waals surface area contributed by atoms with Gasteiger partial charge in [0.25, 0.3) is 5.91 Å². The standard InChI is InChI=1S/C18H25NO4S/c1-13-6-8-16(9-7-13)19-17(20)11-23-18(21)15-5-3-4-14(10-15)12-24(2)22/h3-5,10,13,16H,6-9,11-12H2,1-2H3,(H,19,20). The number of benzene rings is 1. The first-order valence-corrected chi connectivity index (χ1v) is 10.0. The van der Waals surface area contributed by atoms with Crippen molar-refractivity contribution in [2.24, 2.45) is 5.92 Å². The average molecular weight is 351 g/mol. The second-order valence-corrected chi connectivity index (χ2v) is 7.95. The van der Waals surface area contributed by atoms with E-state index in [0.29, 0.717) is 11.3 Å². The Hall–Kier alpha value is -1.69. The van der Waals surface area contributed by atoms with E-state index < -0.39 is 16.8 Å². The van der Waals surface area contributed by atoms with Crippen molar-refractivity contribution in [3.8, 4) is 0 Å². The van der Waals surface area contributed by atoms with E-state index in [4.69, 9.17) is 4.74 Å². The Kier molecular flexibility index (Phi) is 6.97. The topological polar surface area (TPSA) is 72.5 Å².